The summed E-state index contributed by atoms with van der Waals surface area (Å²) >= 11 is 0. The number of nitrogens with zero attached hydrogens (tertiary/aromatic N) is 3. The molecule has 0 fully saturated rings. The number of hydrogen-bond donors (Lipinski definition) is 2. The summed E-state index contributed by atoms with van der Waals surface area (Å²) in [5.41, 5.74) is 8.21. The van der Waals surface area contributed by atoms with Gasteiger partial charge in [-0.3, -0.25) is 0 Å². The number of nitrogens with two attached hydrogens (primary N) is 1. The van der Waals surface area contributed by atoms with Crippen molar-refractivity contribution in [2.24, 2.45) is 0 Å². The van der Waals surface area contributed by atoms with Crippen molar-refractivity contribution in [2.45, 2.75) is 5.92 Å². The molecule has 0 aliphatic carbocycles. The largest absolute Gasteiger partial charge is 0.492 e. The summed E-state index contributed by atoms with van der Waals surface area (Å²) in [5, 5.41) is 0. The predicted octanol–water partition coefficient (Wildman–Crippen LogP) is 1.46. The van der Waals surface area contributed by atoms with E-state index in [2.05, 4.69) is 26.0 Å². The minimum Gasteiger partial charge on any atom is -0.492 e. The molecular weight excluding hydrogens is 242 g/mol. The number of fused-ring (bicyclic) bond motifs is 2. The maximum absolute atomic E-state index is 5.81. The van der Waals surface area contributed by atoms with Gasteiger partial charge in [0.2, 0.25) is 0 Å². The lowest BCUT2D eigenvalue weighted by molar-refractivity contribution is 0.340. The second-order valence-electron chi connectivity index (χ2n) is 4.48. The monoisotopic (exact) mass is 253 g/mol. The highest BCUT2D eigenvalue weighted by atomic mass is 16.5. The molecule has 1 aliphatic rings. The molecule has 6 heteroatoms. The van der Waals surface area contributed by atoms with Gasteiger partial charge in [0.15, 0.2) is 11.5 Å². The summed E-state index contributed by atoms with van der Waals surface area (Å²) in [5.74, 6) is 2.22. The van der Waals surface area contributed by atoms with Crippen LogP contribution >= 0.6 is 0 Å². The lowest BCUT2D eigenvalue weighted by Gasteiger charge is -2.03. The van der Waals surface area contributed by atoms with E-state index < -0.39 is 0 Å². The molecule has 1 unspecified atom stereocenters. The van der Waals surface area contributed by atoms with E-state index in [-0.39, 0.29) is 5.92 Å². The molecule has 94 valence electrons. The summed E-state index contributed by atoms with van der Waals surface area (Å²) in [6.07, 6.45) is 1.42. The van der Waals surface area contributed by atoms with Crippen molar-refractivity contribution in [1.82, 2.24) is 19.9 Å². The molecule has 0 spiro atoms. The number of hydrogen-bond acceptors (Lipinski definition) is 5. The Morgan fingerprint density at radius 3 is 3.05 bits per heavy atom. The van der Waals surface area contributed by atoms with Crippen molar-refractivity contribution in [3.8, 4) is 5.75 Å². The number of H-pyrrole nitrogens is 1. The highest BCUT2D eigenvalue weighted by Gasteiger charge is 2.28. The molecule has 1 aliphatic heterocycles. The molecule has 6 nitrogen and oxygen atoms in total. The Morgan fingerprint density at radius 1 is 1.26 bits per heavy atom. The number of benzene rings is 1. The molecule has 1 aromatic carbocycles. The first-order valence-corrected chi connectivity index (χ1v) is 6.01. The molecule has 0 saturated carbocycles. The zero-order chi connectivity index (χ0) is 12.8. The minimum absolute atomic E-state index is 0.0878. The standard InChI is InChI=1S/C13H11N5O/c14-11-10-13(16-6-15-11)18-12(17-10)8-5-19-9-4-2-1-3-7(8)9/h1-4,6,8H,5H2,(H3,14,15,16,17,18). The molecule has 1 atom stereocenters. The van der Waals surface area contributed by atoms with Gasteiger partial charge in [0.1, 0.15) is 30.0 Å². The topological polar surface area (TPSA) is 89.7 Å². The summed E-state index contributed by atoms with van der Waals surface area (Å²) < 4.78 is 5.66. The molecule has 3 N–H and O–H groups in total. The number of aromatic amines is 1. The van der Waals surface area contributed by atoms with E-state index in [1.54, 1.807) is 0 Å². The first-order chi connectivity index (χ1) is 9.33. The van der Waals surface area contributed by atoms with Gasteiger partial charge in [-0.15, -0.1) is 0 Å². The highest BCUT2D eigenvalue weighted by Crippen LogP contribution is 2.37. The van der Waals surface area contributed by atoms with E-state index >= 15 is 0 Å². The Bertz CT molecular complexity index is 767. The molecule has 3 heterocycles. The maximum Gasteiger partial charge on any atom is 0.183 e. The van der Waals surface area contributed by atoms with Gasteiger partial charge in [0.05, 0.1) is 5.92 Å². The average Bonchev–Trinajstić information content (AvgIpc) is 3.02. The van der Waals surface area contributed by atoms with Crippen molar-refractivity contribution in [2.75, 3.05) is 12.3 Å². The van der Waals surface area contributed by atoms with Gasteiger partial charge in [-0.25, -0.2) is 15.0 Å². The zero-order valence-corrected chi connectivity index (χ0v) is 10.00. The lowest BCUT2D eigenvalue weighted by atomic mass is 10.0. The summed E-state index contributed by atoms with van der Waals surface area (Å²) in [6, 6.07) is 7.97. The maximum atomic E-state index is 5.81. The number of aromatic nitrogens is 4. The van der Waals surface area contributed by atoms with Crippen LogP contribution < -0.4 is 10.5 Å². The van der Waals surface area contributed by atoms with Crippen LogP contribution in [-0.2, 0) is 0 Å². The van der Waals surface area contributed by atoms with E-state index in [1.807, 2.05) is 18.2 Å². The van der Waals surface area contributed by atoms with Gasteiger partial charge in [0.25, 0.3) is 0 Å². The molecule has 0 saturated heterocycles. The highest BCUT2D eigenvalue weighted by molar-refractivity contribution is 5.81. The van der Waals surface area contributed by atoms with Crippen LogP contribution in [0.15, 0.2) is 30.6 Å². The number of ether oxygens (including phenoxy) is 1. The van der Waals surface area contributed by atoms with E-state index in [0.717, 1.165) is 17.1 Å². The Labute approximate surface area is 108 Å². The number of nitrogen functional groups attached to an aromatic ring is 1. The number of para-hydroxylation sites is 1. The van der Waals surface area contributed by atoms with Crippen LogP contribution in [0.4, 0.5) is 5.82 Å². The Morgan fingerprint density at radius 2 is 2.16 bits per heavy atom. The lowest BCUT2D eigenvalue weighted by Crippen LogP contribution is -2.04. The molecular formula is C13H11N5O. The van der Waals surface area contributed by atoms with Crippen molar-refractivity contribution >= 4 is 17.0 Å². The molecule has 3 aromatic rings. The van der Waals surface area contributed by atoms with Gasteiger partial charge >= 0.3 is 0 Å². The third kappa shape index (κ3) is 1.46. The third-order valence-electron chi connectivity index (χ3n) is 3.37. The smallest absolute Gasteiger partial charge is 0.183 e. The first kappa shape index (κ1) is 10.3. The van der Waals surface area contributed by atoms with Crippen LogP contribution in [0.25, 0.3) is 11.2 Å². The second-order valence-corrected chi connectivity index (χ2v) is 4.48. The van der Waals surface area contributed by atoms with Gasteiger partial charge in [-0.1, -0.05) is 18.2 Å². The third-order valence-corrected chi connectivity index (χ3v) is 3.37. The Hall–Kier alpha value is -2.63. The SMILES string of the molecule is Nc1ncnc2nc(C3COc4ccccc43)[nH]c12. The van der Waals surface area contributed by atoms with Gasteiger partial charge in [0, 0.05) is 5.56 Å². The van der Waals surface area contributed by atoms with E-state index in [0.29, 0.717) is 23.6 Å². The van der Waals surface area contributed by atoms with Crippen LogP contribution in [0.3, 0.4) is 0 Å². The van der Waals surface area contributed by atoms with Crippen molar-refractivity contribution in [3.63, 3.8) is 0 Å². The van der Waals surface area contributed by atoms with Crippen LogP contribution in [0.5, 0.6) is 5.75 Å². The predicted molar refractivity (Wildman–Crippen MR) is 69.9 cm³/mol. The minimum atomic E-state index is 0.0878. The normalized spacial score (nSPS) is 17.4. The summed E-state index contributed by atoms with van der Waals surface area (Å²) in [7, 11) is 0. The second kappa shape index (κ2) is 3.68. The molecule has 0 bridgehead atoms. The van der Waals surface area contributed by atoms with Crippen LogP contribution in [0.2, 0.25) is 0 Å². The van der Waals surface area contributed by atoms with Crippen LogP contribution in [-0.4, -0.2) is 26.5 Å². The molecule has 4 rings (SSSR count). The van der Waals surface area contributed by atoms with Crippen LogP contribution in [0, 0.1) is 0 Å². The molecule has 19 heavy (non-hydrogen) atoms. The van der Waals surface area contributed by atoms with Crippen molar-refractivity contribution in [3.05, 3.63) is 42.0 Å². The van der Waals surface area contributed by atoms with Crippen LogP contribution in [0.1, 0.15) is 17.3 Å². The van der Waals surface area contributed by atoms with E-state index in [4.69, 9.17) is 10.5 Å². The fourth-order valence-electron chi connectivity index (χ4n) is 2.42. The zero-order valence-electron chi connectivity index (χ0n) is 10.00. The molecule has 0 amide bonds. The van der Waals surface area contributed by atoms with E-state index in [1.165, 1.54) is 6.33 Å². The first-order valence-electron chi connectivity index (χ1n) is 6.01. The van der Waals surface area contributed by atoms with Crippen molar-refractivity contribution in [1.29, 1.82) is 0 Å². The van der Waals surface area contributed by atoms with Gasteiger partial charge in [-0.2, -0.15) is 0 Å². The molecule has 2 aromatic heterocycles. The number of anilines is 1. The van der Waals surface area contributed by atoms with Gasteiger partial charge < -0.3 is 15.5 Å². The van der Waals surface area contributed by atoms with Gasteiger partial charge in [-0.05, 0) is 6.07 Å². The average molecular weight is 253 g/mol. The van der Waals surface area contributed by atoms with E-state index in [9.17, 15) is 0 Å². The number of rotatable bonds is 1. The Balaban J connectivity index is 1.86. The number of imidazole rings is 1. The summed E-state index contributed by atoms with van der Waals surface area (Å²) in [4.78, 5) is 15.8. The fraction of sp³-hybridized carbons (Fsp3) is 0.154. The Kier molecular flexibility index (Phi) is 2.00. The fourth-order valence-corrected chi connectivity index (χ4v) is 2.42. The quantitative estimate of drug-likeness (QED) is 0.685. The molecule has 0 radical (unpaired) electrons. The van der Waals surface area contributed by atoms with Crippen molar-refractivity contribution < 1.29 is 4.74 Å². The number of nitrogens with one attached hydrogen (secondary N) is 1. The summed E-state index contributed by atoms with van der Waals surface area (Å²) in [6.45, 7) is 0.576.